The van der Waals surface area contributed by atoms with E-state index in [1.54, 1.807) is 28.9 Å². The SMILES string of the molecule is Cc1ccc(CN(C)C(=O)N[C@H]2CCCN(c3ccn(C)n3)C2=O)o1. The van der Waals surface area contributed by atoms with Crippen LogP contribution in [0.2, 0.25) is 0 Å². The number of aryl methyl sites for hydroxylation is 2. The zero-order chi connectivity index (χ0) is 18.0. The number of furan rings is 1. The van der Waals surface area contributed by atoms with E-state index >= 15 is 0 Å². The summed E-state index contributed by atoms with van der Waals surface area (Å²) >= 11 is 0. The lowest BCUT2D eigenvalue weighted by molar-refractivity contribution is -0.121. The van der Waals surface area contributed by atoms with E-state index in [2.05, 4.69) is 10.4 Å². The van der Waals surface area contributed by atoms with Crippen molar-refractivity contribution in [3.05, 3.63) is 35.9 Å². The minimum absolute atomic E-state index is 0.124. The molecule has 2 aromatic heterocycles. The van der Waals surface area contributed by atoms with E-state index in [0.29, 0.717) is 31.1 Å². The highest BCUT2D eigenvalue weighted by Gasteiger charge is 2.32. The number of carbonyl (C=O) groups is 2. The van der Waals surface area contributed by atoms with Crippen LogP contribution < -0.4 is 10.2 Å². The van der Waals surface area contributed by atoms with Crippen LogP contribution in [0.3, 0.4) is 0 Å². The van der Waals surface area contributed by atoms with Gasteiger partial charge in [-0.25, -0.2) is 4.79 Å². The van der Waals surface area contributed by atoms with Gasteiger partial charge in [-0.1, -0.05) is 0 Å². The second-order valence-electron chi connectivity index (χ2n) is 6.35. The van der Waals surface area contributed by atoms with Crippen LogP contribution in [0.25, 0.3) is 0 Å². The number of urea groups is 1. The lowest BCUT2D eigenvalue weighted by atomic mass is 10.1. The third kappa shape index (κ3) is 3.84. The van der Waals surface area contributed by atoms with Crippen LogP contribution in [0.1, 0.15) is 24.4 Å². The monoisotopic (exact) mass is 345 g/mol. The van der Waals surface area contributed by atoms with Crippen molar-refractivity contribution in [3.8, 4) is 0 Å². The minimum atomic E-state index is -0.538. The summed E-state index contributed by atoms with van der Waals surface area (Å²) in [6.45, 7) is 2.82. The topological polar surface area (TPSA) is 83.6 Å². The number of hydrogen-bond donors (Lipinski definition) is 1. The summed E-state index contributed by atoms with van der Waals surface area (Å²) in [5, 5.41) is 7.10. The van der Waals surface area contributed by atoms with Gasteiger partial charge in [-0.15, -0.1) is 0 Å². The van der Waals surface area contributed by atoms with Gasteiger partial charge < -0.3 is 14.6 Å². The predicted octanol–water partition coefficient (Wildman–Crippen LogP) is 1.66. The van der Waals surface area contributed by atoms with Crippen molar-refractivity contribution in [2.45, 2.75) is 32.4 Å². The number of hydrogen-bond acceptors (Lipinski definition) is 4. The van der Waals surface area contributed by atoms with Gasteiger partial charge in [0.05, 0.1) is 6.54 Å². The molecule has 25 heavy (non-hydrogen) atoms. The van der Waals surface area contributed by atoms with Crippen LogP contribution >= 0.6 is 0 Å². The van der Waals surface area contributed by atoms with Crippen LogP contribution in [-0.4, -0.2) is 46.3 Å². The van der Waals surface area contributed by atoms with E-state index in [1.807, 2.05) is 26.1 Å². The number of nitrogens with one attached hydrogen (secondary N) is 1. The Morgan fingerprint density at radius 1 is 1.44 bits per heavy atom. The number of amides is 3. The maximum Gasteiger partial charge on any atom is 0.318 e. The summed E-state index contributed by atoms with van der Waals surface area (Å²) in [4.78, 5) is 28.2. The lowest BCUT2D eigenvalue weighted by Gasteiger charge is -2.32. The largest absolute Gasteiger partial charge is 0.464 e. The van der Waals surface area contributed by atoms with Crippen molar-refractivity contribution in [2.75, 3.05) is 18.5 Å². The van der Waals surface area contributed by atoms with Gasteiger partial charge in [-0.3, -0.25) is 14.4 Å². The van der Waals surface area contributed by atoms with Gasteiger partial charge in [-0.05, 0) is 31.9 Å². The summed E-state index contributed by atoms with van der Waals surface area (Å²) in [7, 11) is 3.49. The molecule has 1 N–H and O–H groups in total. The summed E-state index contributed by atoms with van der Waals surface area (Å²) in [5.74, 6) is 2.00. The Morgan fingerprint density at radius 2 is 2.24 bits per heavy atom. The summed E-state index contributed by atoms with van der Waals surface area (Å²) in [5.41, 5.74) is 0. The molecular weight excluding hydrogens is 322 g/mol. The Kier molecular flexibility index (Phi) is 4.78. The summed E-state index contributed by atoms with van der Waals surface area (Å²) in [6.07, 6.45) is 3.24. The van der Waals surface area contributed by atoms with E-state index in [0.717, 1.165) is 12.2 Å². The third-order valence-corrected chi connectivity index (χ3v) is 4.25. The molecule has 0 radical (unpaired) electrons. The van der Waals surface area contributed by atoms with E-state index in [9.17, 15) is 9.59 Å². The highest BCUT2D eigenvalue weighted by atomic mass is 16.3. The maximum absolute atomic E-state index is 12.7. The van der Waals surface area contributed by atoms with Crippen LogP contribution in [0, 0.1) is 6.92 Å². The van der Waals surface area contributed by atoms with Gasteiger partial charge in [0.2, 0.25) is 0 Å². The molecule has 3 heterocycles. The van der Waals surface area contributed by atoms with Gasteiger partial charge >= 0.3 is 6.03 Å². The Balaban J connectivity index is 1.61. The summed E-state index contributed by atoms with van der Waals surface area (Å²) < 4.78 is 7.14. The van der Waals surface area contributed by atoms with E-state index < -0.39 is 6.04 Å². The second kappa shape index (κ2) is 7.00. The first-order valence-electron chi connectivity index (χ1n) is 8.32. The normalized spacial score (nSPS) is 17.6. The fourth-order valence-electron chi connectivity index (χ4n) is 2.92. The smallest absolute Gasteiger partial charge is 0.318 e. The molecule has 0 bridgehead atoms. The van der Waals surface area contributed by atoms with Gasteiger partial charge in [-0.2, -0.15) is 5.10 Å². The number of anilines is 1. The molecule has 0 spiro atoms. The molecule has 134 valence electrons. The molecule has 1 fully saturated rings. The molecule has 1 aliphatic rings. The molecule has 8 heteroatoms. The van der Waals surface area contributed by atoms with Crippen molar-refractivity contribution in [1.29, 1.82) is 0 Å². The molecule has 2 aromatic rings. The second-order valence-corrected chi connectivity index (χ2v) is 6.35. The van der Waals surface area contributed by atoms with Crippen LogP contribution in [-0.2, 0) is 18.4 Å². The van der Waals surface area contributed by atoms with Gasteiger partial charge in [0.1, 0.15) is 17.6 Å². The molecular formula is C17H23N5O3. The van der Waals surface area contributed by atoms with Crippen LogP contribution in [0.15, 0.2) is 28.8 Å². The molecule has 0 unspecified atom stereocenters. The fraction of sp³-hybridized carbons (Fsp3) is 0.471. The molecule has 1 saturated heterocycles. The molecule has 8 nitrogen and oxygen atoms in total. The molecule has 3 amide bonds. The predicted molar refractivity (Wildman–Crippen MR) is 92.0 cm³/mol. The summed E-state index contributed by atoms with van der Waals surface area (Å²) in [6, 6.07) is 4.66. The number of aromatic nitrogens is 2. The third-order valence-electron chi connectivity index (χ3n) is 4.25. The van der Waals surface area contributed by atoms with Crippen molar-refractivity contribution in [3.63, 3.8) is 0 Å². The van der Waals surface area contributed by atoms with Crippen molar-refractivity contribution in [2.24, 2.45) is 7.05 Å². The van der Waals surface area contributed by atoms with Crippen LogP contribution in [0.4, 0.5) is 10.6 Å². The van der Waals surface area contributed by atoms with E-state index in [1.165, 1.54) is 4.90 Å². The Hall–Kier alpha value is -2.77. The van der Waals surface area contributed by atoms with Gasteiger partial charge in [0, 0.05) is 32.9 Å². The number of rotatable bonds is 4. The average Bonchev–Trinajstić information content (AvgIpc) is 3.17. The molecule has 1 atom stereocenters. The average molecular weight is 345 g/mol. The molecule has 0 aromatic carbocycles. The molecule has 1 aliphatic heterocycles. The lowest BCUT2D eigenvalue weighted by Crippen LogP contribution is -2.54. The quantitative estimate of drug-likeness (QED) is 0.913. The highest BCUT2D eigenvalue weighted by Crippen LogP contribution is 2.19. The standard InChI is InChI=1S/C17H23N5O3/c1-12-6-7-13(25-12)11-20(2)17(24)18-14-5-4-9-22(16(14)23)15-8-10-21(3)19-15/h6-8,10,14H,4-5,9,11H2,1-3H3,(H,18,24)/t14-/m0/s1. The Morgan fingerprint density at radius 3 is 2.88 bits per heavy atom. The molecule has 0 aliphatic carbocycles. The van der Waals surface area contributed by atoms with Crippen LogP contribution in [0.5, 0.6) is 0 Å². The van der Waals surface area contributed by atoms with Crippen molar-refractivity contribution < 1.29 is 14.0 Å². The number of carbonyl (C=O) groups excluding carboxylic acids is 2. The number of nitrogens with zero attached hydrogens (tertiary/aromatic N) is 4. The Bertz CT molecular complexity index is 766. The first kappa shape index (κ1) is 17.1. The number of piperidine rings is 1. The van der Waals surface area contributed by atoms with E-state index in [4.69, 9.17) is 4.42 Å². The van der Waals surface area contributed by atoms with Gasteiger partial charge in [0.15, 0.2) is 5.82 Å². The highest BCUT2D eigenvalue weighted by molar-refractivity contribution is 5.99. The zero-order valence-electron chi connectivity index (χ0n) is 14.7. The maximum atomic E-state index is 12.7. The van der Waals surface area contributed by atoms with E-state index in [-0.39, 0.29) is 11.9 Å². The molecule has 0 saturated carbocycles. The van der Waals surface area contributed by atoms with Crippen molar-refractivity contribution in [1.82, 2.24) is 20.0 Å². The van der Waals surface area contributed by atoms with Gasteiger partial charge in [0.25, 0.3) is 5.91 Å². The zero-order valence-corrected chi connectivity index (χ0v) is 14.7. The minimum Gasteiger partial charge on any atom is -0.464 e. The Labute approximate surface area is 146 Å². The fourth-order valence-corrected chi connectivity index (χ4v) is 2.92. The first-order valence-corrected chi connectivity index (χ1v) is 8.32. The first-order chi connectivity index (χ1) is 11.9. The van der Waals surface area contributed by atoms with Crippen molar-refractivity contribution >= 4 is 17.8 Å². The molecule has 3 rings (SSSR count).